The number of aryl methyl sites for hydroxylation is 3. The highest BCUT2D eigenvalue weighted by molar-refractivity contribution is 5.86. The number of hydrogen-bond donors (Lipinski definition) is 0. The molecule has 21 heavy (non-hydrogen) atoms. The van der Waals surface area contributed by atoms with Gasteiger partial charge < -0.3 is 9.47 Å². The third-order valence-corrected chi connectivity index (χ3v) is 3.60. The van der Waals surface area contributed by atoms with Crippen LogP contribution in [0.1, 0.15) is 27.0 Å². The van der Waals surface area contributed by atoms with Gasteiger partial charge in [-0.1, -0.05) is 17.7 Å². The zero-order valence-electron chi connectivity index (χ0n) is 13.1. The minimum Gasteiger partial charge on any atom is -0.493 e. The molecule has 0 radical (unpaired) electrons. The van der Waals surface area contributed by atoms with Gasteiger partial charge in [0.1, 0.15) is 0 Å². The standard InChI is InChI=1S/C18H20O3/c1-11-6-12(2)17(13(3)7-11)14-8-15(10-19)18(21-5)16(9-14)20-4/h6-10H,1-5H3. The van der Waals surface area contributed by atoms with E-state index >= 15 is 0 Å². The van der Waals surface area contributed by atoms with Crippen LogP contribution in [0.3, 0.4) is 0 Å². The summed E-state index contributed by atoms with van der Waals surface area (Å²) in [5.74, 6) is 1.04. The summed E-state index contributed by atoms with van der Waals surface area (Å²) in [4.78, 5) is 11.3. The molecule has 0 saturated heterocycles. The highest BCUT2D eigenvalue weighted by Gasteiger charge is 2.15. The van der Waals surface area contributed by atoms with Crippen LogP contribution in [0.15, 0.2) is 24.3 Å². The second-order valence-corrected chi connectivity index (χ2v) is 5.19. The minimum absolute atomic E-state index is 0.471. The predicted molar refractivity (Wildman–Crippen MR) is 84.6 cm³/mol. The molecule has 3 heteroatoms. The zero-order valence-corrected chi connectivity index (χ0v) is 13.1. The molecule has 0 spiro atoms. The van der Waals surface area contributed by atoms with Gasteiger partial charge in [0.25, 0.3) is 0 Å². The molecule has 2 aromatic carbocycles. The van der Waals surface area contributed by atoms with E-state index in [-0.39, 0.29) is 0 Å². The van der Waals surface area contributed by atoms with Crippen molar-refractivity contribution < 1.29 is 14.3 Å². The zero-order chi connectivity index (χ0) is 15.6. The molecule has 0 heterocycles. The van der Waals surface area contributed by atoms with Gasteiger partial charge >= 0.3 is 0 Å². The van der Waals surface area contributed by atoms with E-state index in [4.69, 9.17) is 9.47 Å². The summed E-state index contributed by atoms with van der Waals surface area (Å²) < 4.78 is 10.6. The smallest absolute Gasteiger partial charge is 0.171 e. The Morgan fingerprint density at radius 2 is 1.52 bits per heavy atom. The molecule has 2 aromatic rings. The van der Waals surface area contributed by atoms with Gasteiger partial charge in [0.2, 0.25) is 0 Å². The quantitative estimate of drug-likeness (QED) is 0.793. The van der Waals surface area contributed by atoms with Gasteiger partial charge in [-0.15, -0.1) is 0 Å². The molecule has 0 aliphatic rings. The van der Waals surface area contributed by atoms with Crippen LogP contribution in [-0.4, -0.2) is 20.5 Å². The number of rotatable bonds is 4. The molecular formula is C18H20O3. The Morgan fingerprint density at radius 1 is 0.905 bits per heavy atom. The van der Waals surface area contributed by atoms with E-state index in [0.29, 0.717) is 17.1 Å². The fraction of sp³-hybridized carbons (Fsp3) is 0.278. The lowest BCUT2D eigenvalue weighted by Gasteiger charge is -2.16. The molecule has 0 bridgehead atoms. The van der Waals surface area contributed by atoms with Crippen LogP contribution in [0, 0.1) is 20.8 Å². The van der Waals surface area contributed by atoms with Crippen molar-refractivity contribution in [2.75, 3.05) is 14.2 Å². The Morgan fingerprint density at radius 3 is 2.00 bits per heavy atom. The first-order valence-corrected chi connectivity index (χ1v) is 6.81. The normalized spacial score (nSPS) is 10.3. The van der Waals surface area contributed by atoms with Gasteiger partial charge in [0.15, 0.2) is 17.8 Å². The lowest BCUT2D eigenvalue weighted by Crippen LogP contribution is -1.98. The van der Waals surface area contributed by atoms with Gasteiger partial charge in [-0.3, -0.25) is 4.79 Å². The van der Waals surface area contributed by atoms with Crippen LogP contribution in [0.2, 0.25) is 0 Å². The topological polar surface area (TPSA) is 35.5 Å². The SMILES string of the molecule is COc1cc(-c2c(C)cc(C)cc2C)cc(C=O)c1OC. The summed E-state index contributed by atoms with van der Waals surface area (Å²) in [5.41, 5.74) is 6.17. The van der Waals surface area contributed by atoms with Crippen molar-refractivity contribution in [2.24, 2.45) is 0 Å². The minimum atomic E-state index is 0.471. The van der Waals surface area contributed by atoms with Crippen LogP contribution in [0.25, 0.3) is 11.1 Å². The highest BCUT2D eigenvalue weighted by Crippen LogP contribution is 2.37. The van der Waals surface area contributed by atoms with E-state index in [1.165, 1.54) is 23.8 Å². The number of ether oxygens (including phenoxy) is 2. The molecule has 0 amide bonds. The number of carbonyl (C=O) groups is 1. The monoisotopic (exact) mass is 284 g/mol. The number of methoxy groups -OCH3 is 2. The second-order valence-electron chi connectivity index (χ2n) is 5.19. The molecule has 0 aromatic heterocycles. The van der Waals surface area contributed by atoms with Crippen molar-refractivity contribution in [1.82, 2.24) is 0 Å². The number of carbonyl (C=O) groups excluding carboxylic acids is 1. The van der Waals surface area contributed by atoms with Crippen LogP contribution in [-0.2, 0) is 0 Å². The van der Waals surface area contributed by atoms with Crippen LogP contribution < -0.4 is 9.47 Å². The molecule has 3 nitrogen and oxygen atoms in total. The van der Waals surface area contributed by atoms with E-state index in [2.05, 4.69) is 32.9 Å². The maximum atomic E-state index is 11.3. The van der Waals surface area contributed by atoms with E-state index < -0.39 is 0 Å². The summed E-state index contributed by atoms with van der Waals surface area (Å²) in [6.07, 6.45) is 0.795. The average Bonchev–Trinajstić information content (AvgIpc) is 2.44. The summed E-state index contributed by atoms with van der Waals surface area (Å²) >= 11 is 0. The molecule has 0 atom stereocenters. The molecule has 0 fully saturated rings. The van der Waals surface area contributed by atoms with Crippen LogP contribution >= 0.6 is 0 Å². The summed E-state index contributed by atoms with van der Waals surface area (Å²) in [7, 11) is 3.11. The van der Waals surface area contributed by atoms with Crippen molar-refractivity contribution in [1.29, 1.82) is 0 Å². The van der Waals surface area contributed by atoms with Gasteiger partial charge in [0, 0.05) is 0 Å². The van der Waals surface area contributed by atoms with Crippen molar-refractivity contribution in [3.05, 3.63) is 46.5 Å². The second kappa shape index (κ2) is 6.00. The van der Waals surface area contributed by atoms with E-state index in [0.717, 1.165) is 17.4 Å². The highest BCUT2D eigenvalue weighted by atomic mass is 16.5. The molecule has 0 N–H and O–H groups in total. The van der Waals surface area contributed by atoms with Crippen molar-refractivity contribution in [2.45, 2.75) is 20.8 Å². The van der Waals surface area contributed by atoms with Crippen molar-refractivity contribution >= 4 is 6.29 Å². The average molecular weight is 284 g/mol. The largest absolute Gasteiger partial charge is 0.493 e. The third-order valence-electron chi connectivity index (χ3n) is 3.60. The fourth-order valence-electron chi connectivity index (χ4n) is 2.86. The molecule has 0 unspecified atom stereocenters. The Hall–Kier alpha value is -2.29. The number of benzene rings is 2. The summed E-state index contributed by atoms with van der Waals surface area (Å²) in [6, 6.07) is 8.04. The lowest BCUT2D eigenvalue weighted by molar-refractivity contribution is 0.112. The molecular weight excluding hydrogens is 264 g/mol. The lowest BCUT2D eigenvalue weighted by atomic mass is 9.92. The number of aldehydes is 1. The van der Waals surface area contributed by atoms with Gasteiger partial charge in [-0.25, -0.2) is 0 Å². The first-order valence-electron chi connectivity index (χ1n) is 6.81. The predicted octanol–water partition coefficient (Wildman–Crippen LogP) is 4.11. The molecule has 110 valence electrons. The fourth-order valence-corrected chi connectivity index (χ4v) is 2.86. The van der Waals surface area contributed by atoms with Gasteiger partial charge in [0.05, 0.1) is 19.8 Å². The Kier molecular flexibility index (Phi) is 4.32. The molecule has 0 saturated carbocycles. The van der Waals surface area contributed by atoms with E-state index in [9.17, 15) is 4.79 Å². The summed E-state index contributed by atoms with van der Waals surface area (Å²) in [6.45, 7) is 6.23. The number of hydrogen-bond acceptors (Lipinski definition) is 3. The van der Waals surface area contributed by atoms with Gasteiger partial charge in [-0.2, -0.15) is 0 Å². The molecule has 0 aliphatic heterocycles. The first-order chi connectivity index (χ1) is 10.0. The van der Waals surface area contributed by atoms with E-state index in [1.54, 1.807) is 7.11 Å². The summed E-state index contributed by atoms with van der Waals surface area (Å²) in [5, 5.41) is 0. The van der Waals surface area contributed by atoms with E-state index in [1.807, 2.05) is 12.1 Å². The van der Waals surface area contributed by atoms with Crippen LogP contribution in [0.4, 0.5) is 0 Å². The molecule has 0 aliphatic carbocycles. The third kappa shape index (κ3) is 2.77. The Bertz CT molecular complexity index is 664. The van der Waals surface area contributed by atoms with Crippen molar-refractivity contribution in [3.63, 3.8) is 0 Å². The first kappa shape index (κ1) is 15.1. The molecule has 2 rings (SSSR count). The Labute approximate surface area is 125 Å². The maximum absolute atomic E-state index is 11.3. The van der Waals surface area contributed by atoms with Crippen molar-refractivity contribution in [3.8, 4) is 22.6 Å². The van der Waals surface area contributed by atoms with Gasteiger partial charge in [-0.05, 0) is 55.2 Å². The Balaban J connectivity index is 2.73. The maximum Gasteiger partial charge on any atom is 0.171 e. The van der Waals surface area contributed by atoms with Crippen LogP contribution in [0.5, 0.6) is 11.5 Å².